The number of piperidine rings is 1. The predicted molar refractivity (Wildman–Crippen MR) is 117 cm³/mol. The lowest BCUT2D eigenvalue weighted by Gasteiger charge is -2.29. The average Bonchev–Trinajstić information content (AvgIpc) is 3.47. The van der Waals surface area contributed by atoms with E-state index in [0.29, 0.717) is 22.9 Å². The molecule has 1 aliphatic heterocycles. The quantitative estimate of drug-likeness (QED) is 0.463. The van der Waals surface area contributed by atoms with Gasteiger partial charge in [0.25, 0.3) is 0 Å². The van der Waals surface area contributed by atoms with Gasteiger partial charge in [-0.05, 0) is 73.9 Å². The van der Waals surface area contributed by atoms with Crippen LogP contribution in [0.25, 0.3) is 33.9 Å². The van der Waals surface area contributed by atoms with E-state index in [-0.39, 0.29) is 0 Å². The predicted octanol–water partition coefficient (Wildman–Crippen LogP) is 5.33. The second-order valence-electron chi connectivity index (χ2n) is 7.06. The lowest BCUT2D eigenvalue weighted by atomic mass is 10.1. The maximum atomic E-state index is 5.60. The van der Waals surface area contributed by atoms with Crippen LogP contribution in [0.15, 0.2) is 63.8 Å². The van der Waals surface area contributed by atoms with Crippen LogP contribution in [0.4, 0.5) is 5.69 Å². The zero-order valence-electron chi connectivity index (χ0n) is 15.8. The Hall–Kier alpha value is -3.19. The fourth-order valence-corrected chi connectivity index (χ4v) is 3.90. The Morgan fingerprint density at radius 3 is 2.14 bits per heavy atom. The molecule has 1 N–H and O–H groups in total. The summed E-state index contributed by atoms with van der Waals surface area (Å²) in [5, 5.41) is 4.11. The molecular weight excluding hydrogens is 384 g/mol. The SMILES string of the molecule is S=C(Nc1ccc2nc(-c3ccco3)c(-c3ccco3)nc2c1)N1CCCCC1. The van der Waals surface area contributed by atoms with Crippen molar-refractivity contribution in [1.82, 2.24) is 14.9 Å². The number of thiocarbonyl (C=S) groups is 1. The molecule has 4 aromatic rings. The summed E-state index contributed by atoms with van der Waals surface area (Å²) in [4.78, 5) is 11.9. The number of furan rings is 2. The Kier molecular flexibility index (Phi) is 4.73. The standard InChI is InChI=1S/C22H20N4O2S/c29-22(26-10-2-1-3-11-26)23-15-8-9-16-17(14-15)25-21(19-7-5-13-28-19)20(24-16)18-6-4-12-27-18/h4-9,12-14H,1-3,10-11H2,(H,23,29). The first kappa shape index (κ1) is 17.9. The smallest absolute Gasteiger partial charge is 0.173 e. The van der Waals surface area contributed by atoms with Crippen molar-refractivity contribution < 1.29 is 8.83 Å². The second-order valence-corrected chi connectivity index (χ2v) is 7.44. The molecule has 0 amide bonds. The molecule has 5 rings (SSSR count). The van der Waals surface area contributed by atoms with Crippen LogP contribution in [0.3, 0.4) is 0 Å². The molecule has 0 radical (unpaired) electrons. The Labute approximate surface area is 173 Å². The first-order chi connectivity index (χ1) is 14.3. The van der Waals surface area contributed by atoms with E-state index in [1.165, 1.54) is 19.3 Å². The number of hydrogen-bond donors (Lipinski definition) is 1. The molecule has 1 fully saturated rings. The fourth-order valence-electron chi connectivity index (χ4n) is 3.60. The number of likely N-dealkylation sites (tertiary alicyclic amines) is 1. The van der Waals surface area contributed by atoms with Gasteiger partial charge >= 0.3 is 0 Å². The molecule has 0 atom stereocenters. The topological polar surface area (TPSA) is 67.3 Å². The minimum Gasteiger partial charge on any atom is -0.463 e. The van der Waals surface area contributed by atoms with Gasteiger partial charge in [0.1, 0.15) is 11.4 Å². The number of fused-ring (bicyclic) bond motifs is 1. The third-order valence-corrected chi connectivity index (χ3v) is 5.43. The maximum Gasteiger partial charge on any atom is 0.173 e. The zero-order chi connectivity index (χ0) is 19.6. The van der Waals surface area contributed by atoms with E-state index < -0.39 is 0 Å². The summed E-state index contributed by atoms with van der Waals surface area (Å²) in [6, 6.07) is 13.3. The van der Waals surface area contributed by atoms with Gasteiger partial charge in [0, 0.05) is 18.8 Å². The highest BCUT2D eigenvalue weighted by molar-refractivity contribution is 7.80. The van der Waals surface area contributed by atoms with Gasteiger partial charge in [0.15, 0.2) is 16.6 Å². The van der Waals surface area contributed by atoms with Gasteiger partial charge in [-0.2, -0.15) is 0 Å². The molecule has 7 heteroatoms. The van der Waals surface area contributed by atoms with Gasteiger partial charge in [-0.15, -0.1) is 0 Å². The molecule has 0 spiro atoms. The van der Waals surface area contributed by atoms with Crippen molar-refractivity contribution in [1.29, 1.82) is 0 Å². The second kappa shape index (κ2) is 7.67. The molecule has 3 aromatic heterocycles. The molecular formula is C22H20N4O2S. The lowest BCUT2D eigenvalue weighted by Crippen LogP contribution is -2.38. The Morgan fingerprint density at radius 2 is 1.52 bits per heavy atom. The zero-order valence-corrected chi connectivity index (χ0v) is 16.6. The van der Waals surface area contributed by atoms with Crippen LogP contribution in [-0.4, -0.2) is 33.1 Å². The molecule has 4 heterocycles. The molecule has 6 nitrogen and oxygen atoms in total. The normalized spacial score (nSPS) is 14.3. The highest BCUT2D eigenvalue weighted by atomic mass is 32.1. The van der Waals surface area contributed by atoms with Gasteiger partial charge in [-0.3, -0.25) is 0 Å². The summed E-state index contributed by atoms with van der Waals surface area (Å²) in [5.74, 6) is 1.30. The fraction of sp³-hybridized carbons (Fsp3) is 0.227. The number of nitrogens with zero attached hydrogens (tertiary/aromatic N) is 3. The van der Waals surface area contributed by atoms with Gasteiger partial charge in [-0.25, -0.2) is 9.97 Å². The monoisotopic (exact) mass is 404 g/mol. The number of aromatic nitrogens is 2. The van der Waals surface area contributed by atoms with Crippen molar-refractivity contribution in [2.24, 2.45) is 0 Å². The molecule has 146 valence electrons. The van der Waals surface area contributed by atoms with Crippen LogP contribution in [-0.2, 0) is 0 Å². The third-order valence-electron chi connectivity index (χ3n) is 5.07. The number of hydrogen-bond acceptors (Lipinski definition) is 5. The summed E-state index contributed by atoms with van der Waals surface area (Å²) in [6.45, 7) is 2.02. The number of anilines is 1. The third kappa shape index (κ3) is 3.61. The van der Waals surface area contributed by atoms with Crippen molar-refractivity contribution in [2.45, 2.75) is 19.3 Å². The molecule has 1 saturated heterocycles. The van der Waals surface area contributed by atoms with Crippen LogP contribution in [0.1, 0.15) is 19.3 Å². The highest BCUT2D eigenvalue weighted by Crippen LogP contribution is 2.32. The number of nitrogens with one attached hydrogen (secondary N) is 1. The summed E-state index contributed by atoms with van der Waals surface area (Å²) >= 11 is 5.60. The van der Waals surface area contributed by atoms with E-state index in [1.54, 1.807) is 12.5 Å². The first-order valence-electron chi connectivity index (χ1n) is 9.73. The summed E-state index contributed by atoms with van der Waals surface area (Å²) < 4.78 is 11.2. The van der Waals surface area contributed by atoms with Crippen LogP contribution >= 0.6 is 12.2 Å². The lowest BCUT2D eigenvalue weighted by molar-refractivity contribution is 0.346. The van der Waals surface area contributed by atoms with Crippen molar-refractivity contribution in [3.8, 4) is 22.9 Å². The molecule has 1 aliphatic rings. The number of benzene rings is 1. The molecule has 0 bridgehead atoms. The minimum atomic E-state index is 0.646. The Bertz CT molecular complexity index is 1130. The Balaban J connectivity index is 1.52. The van der Waals surface area contributed by atoms with Crippen LogP contribution < -0.4 is 5.32 Å². The van der Waals surface area contributed by atoms with E-state index in [1.807, 2.05) is 42.5 Å². The first-order valence-corrected chi connectivity index (χ1v) is 10.1. The van der Waals surface area contributed by atoms with Gasteiger partial charge in [0.05, 0.1) is 23.6 Å². The van der Waals surface area contributed by atoms with Gasteiger partial charge < -0.3 is 19.1 Å². The molecule has 0 saturated carbocycles. The van der Waals surface area contributed by atoms with Gasteiger partial charge in [-0.1, -0.05) is 0 Å². The summed E-state index contributed by atoms with van der Waals surface area (Å²) in [5.41, 5.74) is 3.74. The molecule has 29 heavy (non-hydrogen) atoms. The minimum absolute atomic E-state index is 0.646. The summed E-state index contributed by atoms with van der Waals surface area (Å²) in [6.07, 6.45) is 6.90. The highest BCUT2D eigenvalue weighted by Gasteiger charge is 2.18. The summed E-state index contributed by atoms with van der Waals surface area (Å²) in [7, 11) is 0. The maximum absolute atomic E-state index is 5.60. The average molecular weight is 404 g/mol. The van der Waals surface area contributed by atoms with E-state index in [9.17, 15) is 0 Å². The van der Waals surface area contributed by atoms with E-state index in [0.717, 1.165) is 34.9 Å². The van der Waals surface area contributed by atoms with Crippen molar-refractivity contribution in [3.63, 3.8) is 0 Å². The number of rotatable bonds is 3. The Morgan fingerprint density at radius 1 is 0.862 bits per heavy atom. The van der Waals surface area contributed by atoms with Crippen molar-refractivity contribution in [3.05, 3.63) is 55.0 Å². The largest absolute Gasteiger partial charge is 0.463 e. The van der Waals surface area contributed by atoms with Crippen LogP contribution in [0.2, 0.25) is 0 Å². The molecule has 0 unspecified atom stereocenters. The van der Waals surface area contributed by atoms with E-state index in [2.05, 4.69) is 10.2 Å². The molecule has 0 aliphatic carbocycles. The van der Waals surface area contributed by atoms with Crippen molar-refractivity contribution in [2.75, 3.05) is 18.4 Å². The van der Waals surface area contributed by atoms with Crippen molar-refractivity contribution >= 4 is 34.1 Å². The van der Waals surface area contributed by atoms with Gasteiger partial charge in [0.2, 0.25) is 0 Å². The van der Waals surface area contributed by atoms with E-state index in [4.69, 9.17) is 31.0 Å². The van der Waals surface area contributed by atoms with E-state index >= 15 is 0 Å². The van der Waals surface area contributed by atoms with Crippen LogP contribution in [0.5, 0.6) is 0 Å². The van der Waals surface area contributed by atoms with Crippen LogP contribution in [0, 0.1) is 0 Å². The molecule has 1 aromatic carbocycles.